The molecule has 0 amide bonds. The fourth-order valence-electron chi connectivity index (χ4n) is 0.895. The van der Waals surface area contributed by atoms with Gasteiger partial charge < -0.3 is 4.74 Å². The Labute approximate surface area is 77.5 Å². The molecule has 68 valence electrons. The number of rotatable bonds is 4. The van der Waals surface area contributed by atoms with Crippen LogP contribution >= 0.6 is 0 Å². The summed E-state index contributed by atoms with van der Waals surface area (Å²) in [6, 6.07) is 5.95. The number of halogens is 1. The number of ether oxygens (including phenoxy) is 1. The Morgan fingerprint density at radius 3 is 2.62 bits per heavy atom. The van der Waals surface area contributed by atoms with Crippen LogP contribution in [0.1, 0.15) is 12.8 Å². The van der Waals surface area contributed by atoms with Crippen LogP contribution in [-0.2, 0) is 0 Å². The zero-order valence-corrected chi connectivity index (χ0v) is 7.29. The van der Waals surface area contributed by atoms with Crippen LogP contribution in [-0.4, -0.2) is 6.61 Å². The summed E-state index contributed by atoms with van der Waals surface area (Å²) in [5.41, 5.74) is 0. The lowest BCUT2D eigenvalue weighted by atomic mass is 10.3. The van der Waals surface area contributed by atoms with Gasteiger partial charge in [-0.25, -0.2) is 4.39 Å². The predicted molar refractivity (Wildman–Crippen MR) is 50.0 cm³/mol. The molecular weight excluding hydrogens is 167 g/mol. The molecule has 0 bridgehead atoms. The Bertz CT molecular complexity index is 284. The standard InChI is InChI=1S/C11H11FO/c1-2-3-4-9-13-11-7-5-10(12)6-8-11/h1,5-8H,3-4,9H2. The van der Waals surface area contributed by atoms with E-state index in [0.717, 1.165) is 6.42 Å². The third kappa shape index (κ3) is 3.62. The second kappa shape index (κ2) is 5.21. The molecule has 2 heteroatoms. The van der Waals surface area contributed by atoms with Crippen LogP contribution in [0.4, 0.5) is 4.39 Å². The van der Waals surface area contributed by atoms with Gasteiger partial charge >= 0.3 is 0 Å². The molecule has 0 aliphatic rings. The summed E-state index contributed by atoms with van der Waals surface area (Å²) >= 11 is 0. The third-order valence-corrected chi connectivity index (χ3v) is 1.55. The first-order chi connectivity index (χ1) is 6.33. The summed E-state index contributed by atoms with van der Waals surface area (Å²) in [6.07, 6.45) is 6.61. The molecule has 0 spiro atoms. The van der Waals surface area contributed by atoms with Gasteiger partial charge in [0.1, 0.15) is 11.6 Å². The largest absolute Gasteiger partial charge is 0.494 e. The van der Waals surface area contributed by atoms with Gasteiger partial charge in [0.15, 0.2) is 0 Å². The summed E-state index contributed by atoms with van der Waals surface area (Å²) in [5, 5.41) is 0. The van der Waals surface area contributed by atoms with Crippen molar-refractivity contribution >= 4 is 0 Å². The van der Waals surface area contributed by atoms with Crippen molar-refractivity contribution in [3.05, 3.63) is 30.1 Å². The van der Waals surface area contributed by atoms with E-state index in [1.807, 2.05) is 0 Å². The number of unbranched alkanes of at least 4 members (excludes halogenated alkanes) is 1. The van der Waals surface area contributed by atoms with Crippen molar-refractivity contribution in [2.24, 2.45) is 0 Å². The first kappa shape index (κ1) is 9.60. The van der Waals surface area contributed by atoms with Crippen molar-refractivity contribution < 1.29 is 9.13 Å². The van der Waals surface area contributed by atoms with Crippen LogP contribution in [0.3, 0.4) is 0 Å². The number of hydrogen-bond acceptors (Lipinski definition) is 1. The van der Waals surface area contributed by atoms with Gasteiger partial charge in [-0.2, -0.15) is 0 Å². The monoisotopic (exact) mass is 178 g/mol. The molecular formula is C11H11FO. The lowest BCUT2D eigenvalue weighted by Crippen LogP contribution is -1.96. The SMILES string of the molecule is C#CCCCOc1ccc(F)cc1. The highest BCUT2D eigenvalue weighted by Crippen LogP contribution is 2.11. The third-order valence-electron chi connectivity index (χ3n) is 1.55. The zero-order chi connectivity index (χ0) is 9.52. The van der Waals surface area contributed by atoms with E-state index < -0.39 is 0 Å². The van der Waals surface area contributed by atoms with Gasteiger partial charge in [0.2, 0.25) is 0 Å². The molecule has 0 radical (unpaired) electrons. The maximum Gasteiger partial charge on any atom is 0.123 e. The van der Waals surface area contributed by atoms with E-state index in [9.17, 15) is 4.39 Å². The first-order valence-electron chi connectivity index (χ1n) is 4.15. The molecule has 0 aromatic heterocycles. The van der Waals surface area contributed by atoms with Crippen LogP contribution < -0.4 is 4.74 Å². The molecule has 0 atom stereocenters. The summed E-state index contributed by atoms with van der Waals surface area (Å²) < 4.78 is 17.7. The van der Waals surface area contributed by atoms with Crippen LogP contribution in [0.15, 0.2) is 24.3 Å². The van der Waals surface area contributed by atoms with Gasteiger partial charge in [0, 0.05) is 6.42 Å². The molecule has 13 heavy (non-hydrogen) atoms. The fourth-order valence-corrected chi connectivity index (χ4v) is 0.895. The average molecular weight is 178 g/mol. The van der Waals surface area contributed by atoms with E-state index in [-0.39, 0.29) is 5.82 Å². The second-order valence-electron chi connectivity index (χ2n) is 2.61. The molecule has 0 saturated carbocycles. The molecule has 1 nitrogen and oxygen atoms in total. The molecule has 1 rings (SSSR count). The quantitative estimate of drug-likeness (QED) is 0.508. The molecule has 0 fully saturated rings. The molecule has 0 saturated heterocycles. The normalized spacial score (nSPS) is 9.23. The van der Waals surface area contributed by atoms with Crippen LogP contribution in [0.5, 0.6) is 5.75 Å². The summed E-state index contributed by atoms with van der Waals surface area (Å²) in [7, 11) is 0. The minimum Gasteiger partial charge on any atom is -0.494 e. The molecule has 0 N–H and O–H groups in total. The fraction of sp³-hybridized carbons (Fsp3) is 0.273. The zero-order valence-electron chi connectivity index (χ0n) is 7.29. The minimum atomic E-state index is -0.254. The Kier molecular flexibility index (Phi) is 3.84. The predicted octanol–water partition coefficient (Wildman–Crippen LogP) is 2.62. The molecule has 1 aromatic rings. The van der Waals surface area contributed by atoms with Crippen molar-refractivity contribution in [3.63, 3.8) is 0 Å². The van der Waals surface area contributed by atoms with Gasteiger partial charge in [-0.3, -0.25) is 0 Å². The Morgan fingerprint density at radius 2 is 2.00 bits per heavy atom. The highest BCUT2D eigenvalue weighted by molar-refractivity contribution is 5.21. The number of terminal acetylenes is 1. The topological polar surface area (TPSA) is 9.23 Å². The van der Waals surface area contributed by atoms with Crippen LogP contribution in [0, 0.1) is 18.2 Å². The molecule has 0 unspecified atom stereocenters. The number of benzene rings is 1. The second-order valence-corrected chi connectivity index (χ2v) is 2.61. The van der Waals surface area contributed by atoms with Gasteiger partial charge in [0.05, 0.1) is 6.61 Å². The van der Waals surface area contributed by atoms with E-state index >= 15 is 0 Å². The van der Waals surface area contributed by atoms with Gasteiger partial charge in [-0.15, -0.1) is 12.3 Å². The van der Waals surface area contributed by atoms with E-state index in [1.54, 1.807) is 12.1 Å². The lowest BCUT2D eigenvalue weighted by Gasteiger charge is -2.03. The molecule has 0 aliphatic carbocycles. The summed E-state index contributed by atoms with van der Waals surface area (Å²) in [5.74, 6) is 2.95. The van der Waals surface area contributed by atoms with Crippen molar-refractivity contribution in [2.45, 2.75) is 12.8 Å². The van der Waals surface area contributed by atoms with Gasteiger partial charge in [-0.1, -0.05) is 0 Å². The van der Waals surface area contributed by atoms with Crippen molar-refractivity contribution in [1.29, 1.82) is 0 Å². The molecule has 0 aliphatic heterocycles. The van der Waals surface area contributed by atoms with Gasteiger partial charge in [-0.05, 0) is 30.7 Å². The highest BCUT2D eigenvalue weighted by atomic mass is 19.1. The van der Waals surface area contributed by atoms with E-state index in [1.165, 1.54) is 12.1 Å². The van der Waals surface area contributed by atoms with Crippen molar-refractivity contribution in [3.8, 4) is 18.1 Å². The van der Waals surface area contributed by atoms with E-state index in [4.69, 9.17) is 11.2 Å². The molecule has 1 aromatic carbocycles. The summed E-state index contributed by atoms with van der Waals surface area (Å²) in [6.45, 7) is 0.579. The van der Waals surface area contributed by atoms with Crippen molar-refractivity contribution in [2.75, 3.05) is 6.61 Å². The van der Waals surface area contributed by atoms with E-state index in [0.29, 0.717) is 18.8 Å². The molecule has 0 heterocycles. The maximum atomic E-state index is 12.4. The number of hydrogen-bond donors (Lipinski definition) is 0. The highest BCUT2D eigenvalue weighted by Gasteiger charge is 1.93. The maximum absolute atomic E-state index is 12.4. The first-order valence-corrected chi connectivity index (χ1v) is 4.15. The average Bonchev–Trinajstić information content (AvgIpc) is 2.15. The Balaban J connectivity index is 2.30. The summed E-state index contributed by atoms with van der Waals surface area (Å²) in [4.78, 5) is 0. The smallest absolute Gasteiger partial charge is 0.123 e. The van der Waals surface area contributed by atoms with E-state index in [2.05, 4.69) is 5.92 Å². The van der Waals surface area contributed by atoms with Crippen molar-refractivity contribution in [1.82, 2.24) is 0 Å². The van der Waals surface area contributed by atoms with Gasteiger partial charge in [0.25, 0.3) is 0 Å². The minimum absolute atomic E-state index is 0.254. The van der Waals surface area contributed by atoms with Crippen LogP contribution in [0.2, 0.25) is 0 Å². The Hall–Kier alpha value is -1.49. The van der Waals surface area contributed by atoms with Crippen LogP contribution in [0.25, 0.3) is 0 Å². The Morgan fingerprint density at radius 1 is 1.31 bits per heavy atom. The lowest BCUT2D eigenvalue weighted by molar-refractivity contribution is 0.312.